The van der Waals surface area contributed by atoms with Gasteiger partial charge in [0.05, 0.1) is 6.61 Å². The van der Waals surface area contributed by atoms with E-state index >= 15 is 0 Å². The van der Waals surface area contributed by atoms with Crippen molar-refractivity contribution in [1.29, 1.82) is 0 Å². The maximum atomic E-state index is 13.5. The van der Waals surface area contributed by atoms with E-state index < -0.39 is 23.1 Å². The van der Waals surface area contributed by atoms with E-state index in [0.29, 0.717) is 0 Å². The molecule has 1 aromatic carbocycles. The minimum absolute atomic E-state index is 0.0403. The van der Waals surface area contributed by atoms with Gasteiger partial charge in [-0.15, -0.1) is 0 Å². The molecule has 0 unspecified atom stereocenters. The molecule has 5 nitrogen and oxygen atoms in total. The molecular formula is C11H9FO5. The second-order valence-corrected chi connectivity index (χ2v) is 3.21. The van der Waals surface area contributed by atoms with Gasteiger partial charge in [-0.1, -0.05) is 0 Å². The highest BCUT2D eigenvalue weighted by atomic mass is 19.1. The number of carbonyl (C=O) groups is 2. The molecule has 0 saturated heterocycles. The lowest BCUT2D eigenvalue weighted by molar-refractivity contribution is -0.137. The zero-order valence-electron chi connectivity index (χ0n) is 8.99. The summed E-state index contributed by atoms with van der Waals surface area (Å²) in [6.45, 7) is 1.48. The van der Waals surface area contributed by atoms with Crippen molar-refractivity contribution in [2.75, 3.05) is 13.4 Å². The van der Waals surface area contributed by atoms with Crippen LogP contribution in [0.5, 0.6) is 11.5 Å². The molecule has 1 aliphatic rings. The summed E-state index contributed by atoms with van der Waals surface area (Å²) in [4.78, 5) is 22.9. The summed E-state index contributed by atoms with van der Waals surface area (Å²) in [6, 6.07) is 2.37. The van der Waals surface area contributed by atoms with Crippen molar-refractivity contribution in [2.45, 2.75) is 6.92 Å². The molecule has 90 valence electrons. The normalized spacial score (nSPS) is 12.4. The third-order valence-corrected chi connectivity index (χ3v) is 2.18. The lowest BCUT2D eigenvalue weighted by atomic mass is 10.1. The Morgan fingerprint density at radius 2 is 2.18 bits per heavy atom. The highest BCUT2D eigenvalue weighted by Crippen LogP contribution is 2.37. The largest absolute Gasteiger partial charge is 0.460 e. The number of fused-ring (bicyclic) bond motifs is 1. The Bertz CT molecular complexity index is 483. The van der Waals surface area contributed by atoms with E-state index in [1.165, 1.54) is 6.07 Å². The molecule has 0 bridgehead atoms. The SMILES string of the molecule is CCOC(=O)C(=O)c1c(F)ccc2c1OCO2. The number of halogens is 1. The van der Waals surface area contributed by atoms with Gasteiger partial charge in [-0.05, 0) is 19.1 Å². The molecule has 1 aromatic rings. The predicted octanol–water partition coefficient (Wildman–Crippen LogP) is 1.30. The van der Waals surface area contributed by atoms with E-state index in [1.807, 2.05) is 0 Å². The van der Waals surface area contributed by atoms with E-state index in [2.05, 4.69) is 4.74 Å². The zero-order chi connectivity index (χ0) is 12.4. The number of rotatable bonds is 3. The van der Waals surface area contributed by atoms with Crippen molar-refractivity contribution < 1.29 is 28.2 Å². The summed E-state index contributed by atoms with van der Waals surface area (Å²) in [5.41, 5.74) is -0.446. The Morgan fingerprint density at radius 3 is 2.88 bits per heavy atom. The Kier molecular flexibility index (Phi) is 2.95. The summed E-state index contributed by atoms with van der Waals surface area (Å²) < 4.78 is 28.0. The predicted molar refractivity (Wildman–Crippen MR) is 53.5 cm³/mol. The van der Waals surface area contributed by atoms with E-state index in [1.54, 1.807) is 6.92 Å². The number of esters is 1. The van der Waals surface area contributed by atoms with Crippen molar-refractivity contribution in [3.63, 3.8) is 0 Å². The second-order valence-electron chi connectivity index (χ2n) is 3.21. The summed E-state index contributed by atoms with van der Waals surface area (Å²) in [7, 11) is 0. The van der Waals surface area contributed by atoms with Gasteiger partial charge >= 0.3 is 5.97 Å². The number of benzene rings is 1. The average Bonchev–Trinajstić information content (AvgIpc) is 2.76. The number of hydrogen-bond donors (Lipinski definition) is 0. The highest BCUT2D eigenvalue weighted by molar-refractivity contribution is 6.41. The summed E-state index contributed by atoms with van der Waals surface area (Å²) in [6.07, 6.45) is 0. The molecule has 2 rings (SSSR count). The van der Waals surface area contributed by atoms with Gasteiger partial charge < -0.3 is 14.2 Å². The van der Waals surface area contributed by atoms with Crippen LogP contribution in [-0.4, -0.2) is 25.2 Å². The monoisotopic (exact) mass is 240 g/mol. The molecule has 0 N–H and O–H groups in total. The Balaban J connectivity index is 2.41. The van der Waals surface area contributed by atoms with Crippen molar-refractivity contribution >= 4 is 11.8 Å². The van der Waals surface area contributed by atoms with Gasteiger partial charge in [0, 0.05) is 0 Å². The van der Waals surface area contributed by atoms with Crippen molar-refractivity contribution in [2.24, 2.45) is 0 Å². The van der Waals surface area contributed by atoms with Gasteiger partial charge in [0.25, 0.3) is 5.78 Å². The van der Waals surface area contributed by atoms with Crippen LogP contribution in [0.3, 0.4) is 0 Å². The van der Waals surface area contributed by atoms with Gasteiger partial charge in [0.2, 0.25) is 6.79 Å². The molecule has 0 aliphatic carbocycles. The molecule has 1 heterocycles. The topological polar surface area (TPSA) is 61.8 Å². The summed E-state index contributed by atoms with van der Waals surface area (Å²) in [5, 5.41) is 0. The van der Waals surface area contributed by atoms with Gasteiger partial charge in [0.15, 0.2) is 11.5 Å². The number of ether oxygens (including phenoxy) is 3. The summed E-state index contributed by atoms with van der Waals surface area (Å²) in [5.74, 6) is -2.85. The molecule has 0 amide bonds. The molecule has 0 radical (unpaired) electrons. The fourth-order valence-corrected chi connectivity index (χ4v) is 1.46. The fraction of sp³-hybridized carbons (Fsp3) is 0.273. The highest BCUT2D eigenvalue weighted by Gasteiger charge is 2.30. The van der Waals surface area contributed by atoms with Crippen LogP contribution < -0.4 is 9.47 Å². The van der Waals surface area contributed by atoms with Gasteiger partial charge in [-0.25, -0.2) is 9.18 Å². The van der Waals surface area contributed by atoms with E-state index in [4.69, 9.17) is 9.47 Å². The van der Waals surface area contributed by atoms with E-state index in [9.17, 15) is 14.0 Å². The second kappa shape index (κ2) is 4.40. The molecule has 0 atom stereocenters. The van der Waals surface area contributed by atoms with Crippen molar-refractivity contribution in [1.82, 2.24) is 0 Å². The fourth-order valence-electron chi connectivity index (χ4n) is 1.46. The first kappa shape index (κ1) is 11.4. The van der Waals surface area contributed by atoms with E-state index in [0.717, 1.165) is 6.07 Å². The molecule has 0 saturated carbocycles. The van der Waals surface area contributed by atoms with Crippen molar-refractivity contribution in [3.05, 3.63) is 23.5 Å². The lowest BCUT2D eigenvalue weighted by Crippen LogP contribution is -2.19. The Hall–Kier alpha value is -2.11. The van der Waals surface area contributed by atoms with Crippen LogP contribution in [0.1, 0.15) is 17.3 Å². The van der Waals surface area contributed by atoms with Gasteiger partial charge in [-0.2, -0.15) is 0 Å². The van der Waals surface area contributed by atoms with Crippen LogP contribution >= 0.6 is 0 Å². The van der Waals surface area contributed by atoms with Crippen LogP contribution in [0, 0.1) is 5.82 Å². The minimum Gasteiger partial charge on any atom is -0.460 e. The molecule has 0 fully saturated rings. The Labute approximate surface area is 96.1 Å². The maximum Gasteiger partial charge on any atom is 0.379 e. The van der Waals surface area contributed by atoms with E-state index in [-0.39, 0.29) is 24.9 Å². The number of hydrogen-bond acceptors (Lipinski definition) is 5. The average molecular weight is 240 g/mol. The van der Waals surface area contributed by atoms with Crippen LogP contribution in [0.25, 0.3) is 0 Å². The molecular weight excluding hydrogens is 231 g/mol. The maximum absolute atomic E-state index is 13.5. The third-order valence-electron chi connectivity index (χ3n) is 2.18. The number of Topliss-reactive ketones (excluding diaryl/α,β-unsaturated/α-hetero) is 1. The first-order chi connectivity index (χ1) is 8.15. The molecule has 1 aliphatic heterocycles. The molecule has 6 heteroatoms. The third kappa shape index (κ3) is 1.93. The van der Waals surface area contributed by atoms with Crippen LogP contribution in [0.2, 0.25) is 0 Å². The van der Waals surface area contributed by atoms with Gasteiger partial charge in [-0.3, -0.25) is 4.79 Å². The zero-order valence-corrected chi connectivity index (χ0v) is 8.99. The number of ketones is 1. The summed E-state index contributed by atoms with van der Waals surface area (Å²) >= 11 is 0. The van der Waals surface area contributed by atoms with Crippen LogP contribution in [0.4, 0.5) is 4.39 Å². The molecule has 0 spiro atoms. The van der Waals surface area contributed by atoms with Crippen LogP contribution in [-0.2, 0) is 9.53 Å². The minimum atomic E-state index is -1.12. The van der Waals surface area contributed by atoms with Gasteiger partial charge in [0.1, 0.15) is 11.4 Å². The lowest BCUT2D eigenvalue weighted by Gasteiger charge is -2.05. The molecule has 17 heavy (non-hydrogen) atoms. The quantitative estimate of drug-likeness (QED) is 0.452. The van der Waals surface area contributed by atoms with Crippen molar-refractivity contribution in [3.8, 4) is 11.5 Å². The standard InChI is InChI=1S/C11H9FO5/c1-2-15-11(14)9(13)8-6(12)3-4-7-10(8)17-5-16-7/h3-4H,2,5H2,1H3. The number of carbonyl (C=O) groups excluding carboxylic acids is 2. The van der Waals surface area contributed by atoms with Crippen LogP contribution in [0.15, 0.2) is 12.1 Å². The first-order valence-corrected chi connectivity index (χ1v) is 4.94. The smallest absolute Gasteiger partial charge is 0.379 e. The Morgan fingerprint density at radius 1 is 1.41 bits per heavy atom. The molecule has 0 aromatic heterocycles. The first-order valence-electron chi connectivity index (χ1n) is 4.94.